The Labute approximate surface area is 177 Å². The molecule has 0 amide bonds. The Balaban J connectivity index is 1.72. The summed E-state index contributed by atoms with van der Waals surface area (Å²) in [5.41, 5.74) is -0.507. The number of carbonyl (C=O) groups excluding carboxylic acids is 1. The number of carbonyl (C=O) groups is 1. The van der Waals surface area contributed by atoms with Crippen molar-refractivity contribution in [2.24, 2.45) is 28.6 Å². The van der Waals surface area contributed by atoms with E-state index in [4.69, 9.17) is 13.7 Å². The monoisotopic (exact) mass is 420 g/mol. The molecule has 7 atom stereocenters. The molecule has 5 nitrogen and oxygen atoms in total. The topological polar surface area (TPSA) is 65.0 Å². The number of hydrogen-bond acceptors (Lipinski definition) is 6. The van der Waals surface area contributed by atoms with E-state index in [1.807, 2.05) is 33.1 Å². The van der Waals surface area contributed by atoms with Crippen LogP contribution in [0.15, 0.2) is 23.3 Å². The lowest BCUT2D eigenvalue weighted by Crippen LogP contribution is -2.66. The highest BCUT2D eigenvalue weighted by molar-refractivity contribution is 7.93. The van der Waals surface area contributed by atoms with Crippen LogP contribution in [-0.4, -0.2) is 47.3 Å². The lowest BCUT2D eigenvalue weighted by Gasteiger charge is -2.51. The SMILES string of the molecule is CSOC1C(C)=CC23CC[C@@H]4[C@H](C(C=C5COC(C)(C)OC5C12O)C3=O)C4(C)C. The Bertz CT molecular complexity index is 829. The first-order valence-electron chi connectivity index (χ1n) is 10.7. The number of allylic oxidation sites excluding steroid dienone is 1. The van der Waals surface area contributed by atoms with Crippen molar-refractivity contribution in [1.29, 1.82) is 0 Å². The van der Waals surface area contributed by atoms with E-state index >= 15 is 0 Å². The Morgan fingerprint density at radius 3 is 2.69 bits per heavy atom. The number of rotatable bonds is 2. The molecule has 4 aliphatic carbocycles. The second-order valence-corrected chi connectivity index (χ2v) is 11.2. The molecule has 1 spiro atoms. The van der Waals surface area contributed by atoms with Gasteiger partial charge in [0.25, 0.3) is 0 Å². The zero-order chi connectivity index (χ0) is 21.0. The van der Waals surface area contributed by atoms with E-state index in [-0.39, 0.29) is 17.1 Å². The lowest BCUT2D eigenvalue weighted by molar-refractivity contribution is -0.298. The van der Waals surface area contributed by atoms with E-state index in [1.54, 1.807) is 0 Å². The molecule has 5 rings (SSSR count). The summed E-state index contributed by atoms with van der Waals surface area (Å²) >= 11 is 1.23. The van der Waals surface area contributed by atoms with Gasteiger partial charge in [0.2, 0.25) is 0 Å². The van der Waals surface area contributed by atoms with Gasteiger partial charge in [0.15, 0.2) is 11.6 Å². The van der Waals surface area contributed by atoms with Crippen LogP contribution < -0.4 is 0 Å². The van der Waals surface area contributed by atoms with Gasteiger partial charge in [-0.15, -0.1) is 0 Å². The summed E-state index contributed by atoms with van der Waals surface area (Å²) in [6.45, 7) is 10.6. The molecule has 2 bridgehead atoms. The van der Waals surface area contributed by atoms with Crippen molar-refractivity contribution in [2.75, 3.05) is 12.9 Å². The Morgan fingerprint density at radius 2 is 2.00 bits per heavy atom. The van der Waals surface area contributed by atoms with Crippen molar-refractivity contribution in [3.05, 3.63) is 23.3 Å². The number of hydrogen-bond donors (Lipinski definition) is 1. The van der Waals surface area contributed by atoms with Crippen LogP contribution in [0.1, 0.15) is 47.5 Å². The lowest BCUT2D eigenvalue weighted by atomic mass is 9.63. The molecule has 1 heterocycles. The molecular formula is C23H32O5S. The highest BCUT2D eigenvalue weighted by Crippen LogP contribution is 2.71. The predicted octanol–water partition coefficient (Wildman–Crippen LogP) is 3.67. The zero-order valence-electron chi connectivity index (χ0n) is 18.2. The standard InChI is InChI=1S/C23H32O5S/c1-12-10-22-8-7-15-16(20(15,2)3)14(17(22)24)9-13-11-26-21(4,5)27-19(13)23(22,25)18(12)28-29-6/h9-10,14-16,18-19,25H,7-8,11H2,1-6H3/t14?,15-,16+,18?,19?,22?,23?/m1/s1. The first kappa shape index (κ1) is 20.3. The second kappa shape index (κ2) is 5.98. The van der Waals surface area contributed by atoms with Crippen LogP contribution in [0.25, 0.3) is 0 Å². The van der Waals surface area contributed by atoms with Crippen LogP contribution in [0.2, 0.25) is 0 Å². The number of aliphatic hydroxyl groups is 1. The van der Waals surface area contributed by atoms with Crippen LogP contribution >= 0.6 is 12.0 Å². The minimum atomic E-state index is -1.47. The molecule has 1 aliphatic heterocycles. The van der Waals surface area contributed by atoms with Crippen molar-refractivity contribution in [1.82, 2.24) is 0 Å². The molecule has 6 heteroatoms. The molecule has 0 aromatic rings. The largest absolute Gasteiger partial charge is 0.382 e. The van der Waals surface area contributed by atoms with E-state index in [2.05, 4.69) is 19.9 Å². The minimum Gasteiger partial charge on any atom is -0.382 e. The third-order valence-electron chi connectivity index (χ3n) is 8.43. The fourth-order valence-electron chi connectivity index (χ4n) is 6.98. The number of ketones is 1. The molecular weight excluding hydrogens is 388 g/mol. The molecule has 0 aromatic carbocycles. The maximum absolute atomic E-state index is 14.2. The highest BCUT2D eigenvalue weighted by atomic mass is 32.2. The molecule has 1 N–H and O–H groups in total. The third-order valence-corrected chi connectivity index (χ3v) is 8.82. The van der Waals surface area contributed by atoms with Gasteiger partial charge in [0.05, 0.1) is 12.0 Å². The van der Waals surface area contributed by atoms with Crippen LogP contribution in [0.5, 0.6) is 0 Å². The highest BCUT2D eigenvalue weighted by Gasteiger charge is 2.75. The number of ether oxygens (including phenoxy) is 2. The Hall–Kier alpha value is -0.660. The predicted molar refractivity (Wildman–Crippen MR) is 111 cm³/mol. The van der Waals surface area contributed by atoms with Gasteiger partial charge in [0.1, 0.15) is 17.8 Å². The van der Waals surface area contributed by atoms with Crippen molar-refractivity contribution >= 4 is 17.8 Å². The number of fused-ring (bicyclic) bond motifs is 5. The summed E-state index contributed by atoms with van der Waals surface area (Å²) < 4.78 is 18.3. The molecule has 5 aliphatic rings. The quantitative estimate of drug-likeness (QED) is 0.543. The normalized spacial score (nSPS) is 49.1. The van der Waals surface area contributed by atoms with Gasteiger partial charge in [-0.05, 0) is 74.1 Å². The number of Topliss-reactive ketones (excluding diaryl/α,β-unsaturated/α-hetero) is 1. The smallest absolute Gasteiger partial charge is 0.164 e. The van der Waals surface area contributed by atoms with Gasteiger partial charge < -0.3 is 18.8 Å². The van der Waals surface area contributed by atoms with Gasteiger partial charge in [-0.1, -0.05) is 26.0 Å². The molecule has 1 saturated heterocycles. The van der Waals surface area contributed by atoms with Crippen molar-refractivity contribution in [3.63, 3.8) is 0 Å². The fraction of sp³-hybridized carbons (Fsp3) is 0.783. The van der Waals surface area contributed by atoms with Crippen LogP contribution in [-0.2, 0) is 18.5 Å². The molecule has 160 valence electrons. The Kier molecular flexibility index (Phi) is 4.17. The minimum absolute atomic E-state index is 0.132. The van der Waals surface area contributed by atoms with E-state index < -0.39 is 29.0 Å². The average molecular weight is 421 g/mol. The maximum atomic E-state index is 14.2. The van der Waals surface area contributed by atoms with E-state index in [1.165, 1.54) is 12.0 Å². The van der Waals surface area contributed by atoms with Crippen LogP contribution in [0.3, 0.4) is 0 Å². The van der Waals surface area contributed by atoms with Gasteiger partial charge in [-0.3, -0.25) is 4.79 Å². The summed E-state index contributed by atoms with van der Waals surface area (Å²) in [7, 11) is 0. The second-order valence-electron chi connectivity index (χ2n) is 10.6. The summed E-state index contributed by atoms with van der Waals surface area (Å²) in [6, 6.07) is 0. The molecule has 29 heavy (non-hydrogen) atoms. The van der Waals surface area contributed by atoms with Crippen molar-refractivity contribution < 1.29 is 23.6 Å². The van der Waals surface area contributed by atoms with Gasteiger partial charge >= 0.3 is 0 Å². The summed E-state index contributed by atoms with van der Waals surface area (Å²) in [5, 5.41) is 12.5. The van der Waals surface area contributed by atoms with Crippen LogP contribution in [0.4, 0.5) is 0 Å². The molecule has 0 radical (unpaired) electrons. The maximum Gasteiger partial charge on any atom is 0.164 e. The molecule has 3 fully saturated rings. The summed E-state index contributed by atoms with van der Waals surface area (Å²) in [5.74, 6) is -0.0980. The first-order valence-corrected chi connectivity index (χ1v) is 11.8. The summed E-state index contributed by atoms with van der Waals surface area (Å²) in [6.07, 6.45) is 6.29. The molecule has 5 unspecified atom stereocenters. The van der Waals surface area contributed by atoms with E-state index in [9.17, 15) is 9.90 Å². The van der Waals surface area contributed by atoms with E-state index in [0.717, 1.165) is 17.6 Å². The van der Waals surface area contributed by atoms with Gasteiger partial charge in [-0.25, -0.2) is 0 Å². The molecule has 0 aromatic heterocycles. The average Bonchev–Trinajstić information content (AvgIpc) is 3.16. The first-order chi connectivity index (χ1) is 13.5. The third kappa shape index (κ3) is 2.41. The van der Waals surface area contributed by atoms with Gasteiger partial charge in [-0.2, -0.15) is 0 Å². The van der Waals surface area contributed by atoms with E-state index in [0.29, 0.717) is 24.9 Å². The van der Waals surface area contributed by atoms with Crippen LogP contribution in [0, 0.1) is 28.6 Å². The molecule has 2 saturated carbocycles. The van der Waals surface area contributed by atoms with Gasteiger partial charge in [0, 0.05) is 12.2 Å². The fourth-order valence-corrected chi connectivity index (χ4v) is 7.47. The van der Waals surface area contributed by atoms with Crippen molar-refractivity contribution in [3.8, 4) is 0 Å². The zero-order valence-corrected chi connectivity index (χ0v) is 19.0. The summed E-state index contributed by atoms with van der Waals surface area (Å²) in [4.78, 5) is 14.2. The Morgan fingerprint density at radius 1 is 1.28 bits per heavy atom. The van der Waals surface area contributed by atoms with Crippen molar-refractivity contribution in [2.45, 2.75) is 71.1 Å².